The third-order valence-electron chi connectivity index (χ3n) is 1.28. The van der Waals surface area contributed by atoms with Crippen LogP contribution in [-0.4, -0.2) is 42.7 Å². The third kappa shape index (κ3) is 3.79. The highest BCUT2D eigenvalue weighted by Gasteiger charge is 2.42. The Morgan fingerprint density at radius 3 is 1.58 bits per heavy atom. The molecule has 0 bridgehead atoms. The van der Waals surface area contributed by atoms with Crippen LogP contribution in [0.3, 0.4) is 0 Å². The summed E-state index contributed by atoms with van der Waals surface area (Å²) in [5.74, 6) is 0. The zero-order valence-electron chi connectivity index (χ0n) is 8.38. The van der Waals surface area contributed by atoms with Crippen LogP contribution in [0, 0.1) is 0 Å². The molecule has 12 heavy (non-hydrogen) atoms. The Hall–Kier alpha value is 0.274. The summed E-state index contributed by atoms with van der Waals surface area (Å²) in [5.41, 5.74) is 0. The van der Waals surface area contributed by atoms with Gasteiger partial charge in [-0.15, -0.1) is 0 Å². The van der Waals surface area contributed by atoms with Gasteiger partial charge in [-0.1, -0.05) is 0 Å². The average molecular weight is 210 g/mol. The van der Waals surface area contributed by atoms with Crippen LogP contribution in [-0.2, 0) is 13.0 Å². The summed E-state index contributed by atoms with van der Waals surface area (Å²) in [7, 11) is -1.43. The molecule has 0 atom stereocenters. The van der Waals surface area contributed by atoms with Gasteiger partial charge in [0.25, 0.3) is 0 Å². The molecule has 0 saturated carbocycles. The maximum absolute atomic E-state index is 9.05. The van der Waals surface area contributed by atoms with Crippen molar-refractivity contribution in [2.45, 2.75) is 19.6 Å². The Morgan fingerprint density at radius 2 is 1.50 bits per heavy atom. The largest absolute Gasteiger partial charge is 0.516 e. The molecule has 0 aromatic rings. The van der Waals surface area contributed by atoms with Crippen LogP contribution < -0.4 is 0 Å². The lowest BCUT2D eigenvalue weighted by atomic mass is 11.7. The summed E-state index contributed by atoms with van der Waals surface area (Å²) < 4.78 is 15.8. The number of hydrogen-bond donors (Lipinski definition) is 1. The molecule has 0 radical (unpaired) electrons. The minimum atomic E-state index is -2.74. The van der Waals surface area contributed by atoms with Crippen LogP contribution in [0.4, 0.5) is 0 Å². The van der Waals surface area contributed by atoms with Gasteiger partial charge in [0.15, 0.2) is 8.32 Å². The predicted molar refractivity (Wildman–Crippen MR) is 51.3 cm³/mol. The van der Waals surface area contributed by atoms with E-state index >= 15 is 0 Å². The normalized spacial score (nSPS) is 13.5. The molecule has 0 unspecified atom stereocenters. The molecule has 0 aliphatic heterocycles. The predicted octanol–water partition coefficient (Wildman–Crippen LogP) is 0.601. The lowest BCUT2D eigenvalue weighted by molar-refractivity contribution is 0.125. The Labute approximate surface area is 76.0 Å². The second-order valence-corrected chi connectivity index (χ2v) is 11.0. The quantitative estimate of drug-likeness (QED) is 0.675. The number of hydrogen-bond acceptors (Lipinski definition) is 4. The third-order valence-corrected chi connectivity index (χ3v) is 6.60. The van der Waals surface area contributed by atoms with Gasteiger partial charge in [0.2, 0.25) is 0 Å². The first-order chi connectivity index (χ1) is 5.39. The summed E-state index contributed by atoms with van der Waals surface area (Å²) >= 11 is 0. The minimum Gasteiger partial charge on any atom is -0.415 e. The maximum Gasteiger partial charge on any atom is 0.516 e. The first kappa shape index (κ1) is 12.3. The van der Waals surface area contributed by atoms with Crippen molar-refractivity contribution >= 4 is 17.1 Å². The molecule has 0 aromatic heterocycles. The van der Waals surface area contributed by atoms with E-state index in [0.29, 0.717) is 0 Å². The van der Waals surface area contributed by atoms with Crippen molar-refractivity contribution in [3.8, 4) is 0 Å². The summed E-state index contributed by atoms with van der Waals surface area (Å²) in [6.07, 6.45) is -0.162. The smallest absolute Gasteiger partial charge is 0.415 e. The molecular weight excluding hydrogens is 192 g/mol. The van der Waals surface area contributed by atoms with Crippen molar-refractivity contribution in [3.05, 3.63) is 0 Å². The van der Waals surface area contributed by atoms with Gasteiger partial charge in [0.1, 0.15) is 6.23 Å². The van der Waals surface area contributed by atoms with Gasteiger partial charge in [0, 0.05) is 14.2 Å². The fourth-order valence-corrected chi connectivity index (χ4v) is 5.88. The molecule has 0 fully saturated rings. The van der Waals surface area contributed by atoms with Crippen LogP contribution in [0.25, 0.3) is 0 Å². The van der Waals surface area contributed by atoms with E-state index in [1.807, 2.05) is 19.6 Å². The van der Waals surface area contributed by atoms with E-state index in [4.69, 9.17) is 18.1 Å². The molecule has 1 N–H and O–H groups in total. The fourth-order valence-electron chi connectivity index (χ4n) is 0.795. The van der Waals surface area contributed by atoms with Gasteiger partial charge >= 0.3 is 8.80 Å². The second kappa shape index (κ2) is 4.49. The zero-order chi connectivity index (χ0) is 9.83. The van der Waals surface area contributed by atoms with Crippen molar-refractivity contribution < 1.29 is 18.1 Å². The molecular formula is C6H18O4Si2. The van der Waals surface area contributed by atoms with Crippen LogP contribution in [0.5, 0.6) is 0 Å². The van der Waals surface area contributed by atoms with Crippen molar-refractivity contribution in [3.63, 3.8) is 0 Å². The van der Waals surface area contributed by atoms with Crippen LogP contribution in [0.2, 0.25) is 19.6 Å². The number of rotatable bonds is 5. The lowest BCUT2D eigenvalue weighted by Gasteiger charge is -2.31. The molecule has 0 rings (SSSR count). The van der Waals surface area contributed by atoms with Gasteiger partial charge in [-0.3, -0.25) is 0 Å². The number of aliphatic hydroxyl groups excluding tert-OH is 1. The van der Waals surface area contributed by atoms with Crippen molar-refractivity contribution in [1.82, 2.24) is 0 Å². The standard InChI is InChI=1S/C6H18O4Si2/c1-8-12(6-7,9-2)10-11(3,4)5/h7H,6H2,1-5H3. The zero-order valence-corrected chi connectivity index (χ0v) is 10.4. The van der Waals surface area contributed by atoms with Crippen molar-refractivity contribution in [2.75, 3.05) is 20.4 Å². The SMILES string of the molecule is CO[Si](CO)(OC)O[Si](C)(C)C. The van der Waals surface area contributed by atoms with Gasteiger partial charge < -0.3 is 18.1 Å². The first-order valence-corrected chi connectivity index (χ1v) is 9.14. The molecule has 74 valence electrons. The highest BCUT2D eigenvalue weighted by atomic mass is 28.5. The fraction of sp³-hybridized carbons (Fsp3) is 1.00. The Balaban J connectivity index is 4.30. The van der Waals surface area contributed by atoms with Gasteiger partial charge in [-0.2, -0.15) is 0 Å². The summed E-state index contributed by atoms with van der Waals surface area (Å²) in [4.78, 5) is 0. The Morgan fingerprint density at radius 1 is 1.08 bits per heavy atom. The molecule has 0 spiro atoms. The van der Waals surface area contributed by atoms with Crippen LogP contribution in [0.15, 0.2) is 0 Å². The van der Waals surface area contributed by atoms with Gasteiger partial charge in [-0.25, -0.2) is 0 Å². The van der Waals surface area contributed by atoms with E-state index in [1.165, 1.54) is 14.2 Å². The van der Waals surface area contributed by atoms with E-state index in [-0.39, 0.29) is 6.23 Å². The molecule has 0 saturated heterocycles. The summed E-state index contributed by atoms with van der Waals surface area (Å²) in [6, 6.07) is 0. The Bertz CT molecular complexity index is 122. The van der Waals surface area contributed by atoms with E-state index in [0.717, 1.165) is 0 Å². The van der Waals surface area contributed by atoms with Gasteiger partial charge in [0.05, 0.1) is 0 Å². The first-order valence-electron chi connectivity index (χ1n) is 3.80. The molecule has 4 nitrogen and oxygen atoms in total. The molecule has 0 amide bonds. The average Bonchev–Trinajstić information content (AvgIpc) is 1.99. The monoisotopic (exact) mass is 210 g/mol. The topological polar surface area (TPSA) is 47.9 Å². The van der Waals surface area contributed by atoms with Crippen LogP contribution >= 0.6 is 0 Å². The van der Waals surface area contributed by atoms with E-state index in [9.17, 15) is 0 Å². The maximum atomic E-state index is 9.05. The van der Waals surface area contributed by atoms with Crippen LogP contribution in [0.1, 0.15) is 0 Å². The molecule has 6 heteroatoms. The summed E-state index contributed by atoms with van der Waals surface area (Å²) in [6.45, 7) is 6.09. The molecule has 0 aliphatic rings. The molecule has 0 heterocycles. The van der Waals surface area contributed by atoms with E-state index < -0.39 is 17.1 Å². The highest BCUT2D eigenvalue weighted by Crippen LogP contribution is 2.14. The minimum absolute atomic E-state index is 0.162. The molecule has 0 aliphatic carbocycles. The van der Waals surface area contributed by atoms with E-state index in [1.54, 1.807) is 0 Å². The second-order valence-electron chi connectivity index (χ2n) is 3.46. The van der Waals surface area contributed by atoms with E-state index in [2.05, 4.69) is 0 Å². The Kier molecular flexibility index (Phi) is 4.60. The molecule has 0 aromatic carbocycles. The van der Waals surface area contributed by atoms with Crippen molar-refractivity contribution in [2.24, 2.45) is 0 Å². The highest BCUT2D eigenvalue weighted by molar-refractivity contribution is 6.79. The number of aliphatic hydroxyl groups is 1. The van der Waals surface area contributed by atoms with Crippen molar-refractivity contribution in [1.29, 1.82) is 0 Å². The van der Waals surface area contributed by atoms with Gasteiger partial charge in [-0.05, 0) is 19.6 Å². The summed E-state index contributed by atoms with van der Waals surface area (Å²) in [5, 5.41) is 9.05. The lowest BCUT2D eigenvalue weighted by Crippen LogP contribution is -2.54.